The molecule has 0 bridgehead atoms. The summed E-state index contributed by atoms with van der Waals surface area (Å²) in [6.07, 6.45) is 4.89. The molecular formula is C44H76O8Zr2+4. The second-order valence-corrected chi connectivity index (χ2v) is 21.5. The minimum Gasteiger partial charge on any atom is -0.875 e. The topological polar surface area (TPSA) is 161 Å². The predicted molar refractivity (Wildman–Crippen MR) is 208 cm³/mol. The van der Waals surface area contributed by atoms with Crippen LogP contribution in [0.1, 0.15) is 166 Å². The Morgan fingerprint density at radius 2 is 0.352 bits per heavy atom. The summed E-state index contributed by atoms with van der Waals surface area (Å²) in [6, 6.07) is 0. The first-order chi connectivity index (χ1) is 22.2. The number of hydrogen-bond donors (Lipinski definition) is 0. The number of hydrogen-bond acceptors (Lipinski definition) is 8. The summed E-state index contributed by atoms with van der Waals surface area (Å²) < 4.78 is 0. The summed E-state index contributed by atoms with van der Waals surface area (Å²) in [4.78, 5) is 45.8. The maximum atomic E-state index is 11.4. The quantitative estimate of drug-likeness (QED) is 0.206. The van der Waals surface area contributed by atoms with Crippen LogP contribution in [0.2, 0.25) is 0 Å². The molecule has 0 aliphatic carbocycles. The number of rotatable bonds is 4. The fourth-order valence-corrected chi connectivity index (χ4v) is 2.21. The van der Waals surface area contributed by atoms with E-state index in [2.05, 4.69) is 0 Å². The van der Waals surface area contributed by atoms with Crippen LogP contribution < -0.4 is 20.4 Å². The first-order valence-corrected chi connectivity index (χ1v) is 17.9. The Bertz CT molecular complexity index is 1110. The Hall–Kier alpha value is -1.39. The third-order valence-corrected chi connectivity index (χ3v) is 6.96. The average Bonchev–Trinajstić information content (AvgIpc) is 2.85. The molecule has 0 spiro atoms. The van der Waals surface area contributed by atoms with Crippen LogP contribution in [0.3, 0.4) is 0 Å². The van der Waals surface area contributed by atoms with Crippen molar-refractivity contribution in [3.8, 4) is 0 Å². The standard InChI is InChI=1S/4C11H20O2.2Zr/c4*1-10(2,3)8(12)7-9(13)11(4,5)6;;/h4*7,12H,1-6H3;;/q;;;;2*+4/p-4/b4*8-7-;;. The SMILES string of the molecule is CC(C)(C)C(=O)/C=C(\[O-])C(C)(C)C.CC(C)(C)C(=O)/C=C(\[O-])C(C)(C)C.CC(C)(C)C(=O)/C=C(\[O-])C(C)(C)C.CC(C)(C)C(=O)/C=C(\[O-])C(C)(C)C.[Zr+4].[Zr+4]. The molecule has 0 fully saturated rings. The minimum atomic E-state index is -0.457. The van der Waals surface area contributed by atoms with Crippen molar-refractivity contribution in [2.45, 2.75) is 166 Å². The first kappa shape index (κ1) is 64.5. The van der Waals surface area contributed by atoms with Crippen LogP contribution in [-0.4, -0.2) is 23.1 Å². The number of ketones is 4. The van der Waals surface area contributed by atoms with Crippen LogP contribution in [0.15, 0.2) is 47.3 Å². The van der Waals surface area contributed by atoms with Gasteiger partial charge in [0.05, 0.1) is 0 Å². The maximum absolute atomic E-state index is 11.4. The molecule has 304 valence electrons. The molecule has 0 rings (SSSR count). The third kappa shape index (κ3) is 31.8. The zero-order valence-corrected chi connectivity index (χ0v) is 43.5. The van der Waals surface area contributed by atoms with Crippen molar-refractivity contribution in [3.63, 3.8) is 0 Å². The van der Waals surface area contributed by atoms with E-state index in [-0.39, 0.29) is 98.6 Å². The zero-order chi connectivity index (χ0) is 43.4. The van der Waals surface area contributed by atoms with E-state index in [4.69, 9.17) is 0 Å². The van der Waals surface area contributed by atoms with E-state index in [1.165, 1.54) is 24.3 Å². The number of allylic oxidation sites excluding steroid dienone is 8. The van der Waals surface area contributed by atoms with Gasteiger partial charge in [-0.2, -0.15) is 0 Å². The molecule has 0 saturated heterocycles. The van der Waals surface area contributed by atoms with E-state index in [9.17, 15) is 39.6 Å². The summed E-state index contributed by atoms with van der Waals surface area (Å²) in [7, 11) is 0. The minimum absolute atomic E-state index is 0. The molecule has 0 atom stereocenters. The second kappa shape index (κ2) is 23.7. The Morgan fingerprint density at radius 3 is 0.407 bits per heavy atom. The second-order valence-electron chi connectivity index (χ2n) is 21.5. The summed E-state index contributed by atoms with van der Waals surface area (Å²) in [5.74, 6) is -0.834. The van der Waals surface area contributed by atoms with E-state index in [0.29, 0.717) is 0 Å². The monoisotopic (exact) mass is 912 g/mol. The van der Waals surface area contributed by atoms with E-state index < -0.39 is 43.3 Å². The van der Waals surface area contributed by atoms with Crippen LogP contribution in [0, 0.1) is 43.3 Å². The Balaban J connectivity index is -0.000000140. The molecule has 0 aromatic heterocycles. The number of carbonyl (C=O) groups excluding carboxylic acids is 4. The maximum Gasteiger partial charge on any atom is 4.00 e. The summed E-state index contributed by atoms with van der Waals surface area (Å²) >= 11 is 0. The van der Waals surface area contributed by atoms with Gasteiger partial charge in [-0.3, -0.25) is 19.2 Å². The fourth-order valence-electron chi connectivity index (χ4n) is 2.21. The Labute approximate surface area is 369 Å². The zero-order valence-electron chi connectivity index (χ0n) is 38.6. The third-order valence-electron chi connectivity index (χ3n) is 6.96. The molecule has 0 aromatic rings. The summed E-state index contributed by atoms with van der Waals surface area (Å²) in [5, 5.41) is 45.8. The van der Waals surface area contributed by atoms with Crippen molar-refractivity contribution in [1.29, 1.82) is 0 Å². The van der Waals surface area contributed by atoms with Crippen LogP contribution >= 0.6 is 0 Å². The number of carbonyl (C=O) groups is 4. The van der Waals surface area contributed by atoms with Crippen molar-refractivity contribution in [2.75, 3.05) is 0 Å². The molecule has 0 amide bonds. The predicted octanol–water partition coefficient (Wildman–Crippen LogP) is 7.56. The van der Waals surface area contributed by atoms with Gasteiger partial charge in [-0.15, -0.1) is 23.0 Å². The van der Waals surface area contributed by atoms with Crippen LogP contribution in [0.5, 0.6) is 0 Å². The normalized spacial score (nSPS) is 13.9. The van der Waals surface area contributed by atoms with Crippen molar-refractivity contribution >= 4 is 23.1 Å². The molecule has 0 aliphatic heterocycles. The van der Waals surface area contributed by atoms with Gasteiger partial charge >= 0.3 is 52.4 Å². The van der Waals surface area contributed by atoms with Crippen molar-refractivity contribution < 1.29 is 92.0 Å². The summed E-state index contributed by atoms with van der Waals surface area (Å²) in [5.41, 5.74) is -3.66. The largest absolute Gasteiger partial charge is 4.00 e. The molecule has 0 saturated carbocycles. The van der Waals surface area contributed by atoms with E-state index in [1.807, 2.05) is 166 Å². The molecule has 10 heteroatoms. The Morgan fingerprint density at radius 1 is 0.259 bits per heavy atom. The van der Waals surface area contributed by atoms with Gasteiger partial charge in [0, 0.05) is 21.7 Å². The van der Waals surface area contributed by atoms with Gasteiger partial charge in [0.2, 0.25) is 0 Å². The molecule has 0 N–H and O–H groups in total. The molecule has 0 unspecified atom stereocenters. The van der Waals surface area contributed by atoms with Gasteiger partial charge in [0.15, 0.2) is 23.1 Å². The van der Waals surface area contributed by atoms with Crippen molar-refractivity contribution in [3.05, 3.63) is 47.3 Å². The van der Waals surface area contributed by atoms with Gasteiger partial charge in [0.25, 0.3) is 0 Å². The van der Waals surface area contributed by atoms with Gasteiger partial charge in [0.1, 0.15) is 0 Å². The van der Waals surface area contributed by atoms with Crippen LogP contribution in [0.4, 0.5) is 0 Å². The molecule has 0 aromatic carbocycles. The van der Waals surface area contributed by atoms with E-state index >= 15 is 0 Å². The van der Waals surface area contributed by atoms with Gasteiger partial charge in [-0.05, 0) is 46.0 Å². The van der Waals surface area contributed by atoms with Crippen LogP contribution in [0.25, 0.3) is 0 Å². The molecule has 54 heavy (non-hydrogen) atoms. The Kier molecular flexibility index (Phi) is 28.4. The molecule has 0 heterocycles. The fraction of sp³-hybridized carbons (Fsp3) is 0.727. The van der Waals surface area contributed by atoms with E-state index in [0.717, 1.165) is 0 Å². The van der Waals surface area contributed by atoms with Crippen molar-refractivity contribution in [1.82, 2.24) is 0 Å². The molecule has 8 nitrogen and oxygen atoms in total. The van der Waals surface area contributed by atoms with Gasteiger partial charge in [-0.1, -0.05) is 166 Å². The van der Waals surface area contributed by atoms with E-state index in [1.54, 1.807) is 0 Å². The summed E-state index contributed by atoms with van der Waals surface area (Å²) in [6.45, 7) is 43.4. The first-order valence-electron chi connectivity index (χ1n) is 17.9. The van der Waals surface area contributed by atoms with Gasteiger partial charge < -0.3 is 20.4 Å². The van der Waals surface area contributed by atoms with Crippen LogP contribution in [-0.2, 0) is 71.6 Å². The smallest absolute Gasteiger partial charge is 0.875 e. The molecule has 0 radical (unpaired) electrons. The molecular weight excluding hydrogens is 839 g/mol. The van der Waals surface area contributed by atoms with Crippen molar-refractivity contribution in [2.24, 2.45) is 43.3 Å². The van der Waals surface area contributed by atoms with Gasteiger partial charge in [-0.25, -0.2) is 0 Å². The average molecular weight is 916 g/mol. The molecule has 0 aliphatic rings.